The lowest BCUT2D eigenvalue weighted by atomic mass is 10.0. The zero-order chi connectivity index (χ0) is 12.5. The summed E-state index contributed by atoms with van der Waals surface area (Å²) in [5, 5.41) is 3.43. The van der Waals surface area contributed by atoms with E-state index < -0.39 is 0 Å². The fourth-order valence-corrected chi connectivity index (χ4v) is 1.92. The van der Waals surface area contributed by atoms with Gasteiger partial charge in [0.15, 0.2) is 0 Å². The minimum Gasteiger partial charge on any atom is -0.382 e. The summed E-state index contributed by atoms with van der Waals surface area (Å²) in [6.45, 7) is 2.98. The van der Waals surface area contributed by atoms with Crippen molar-refractivity contribution in [2.24, 2.45) is 0 Å². The van der Waals surface area contributed by atoms with E-state index in [1.54, 1.807) is 12.0 Å². The standard InChI is InChI=1S/C12H24N2O3/c1-14(9-11-5-3-4-6-13-11)12(15)10-17-8-7-16-2/h11,13H,3-10H2,1-2H3. The van der Waals surface area contributed by atoms with Gasteiger partial charge in [0.25, 0.3) is 0 Å². The van der Waals surface area contributed by atoms with E-state index in [9.17, 15) is 4.79 Å². The van der Waals surface area contributed by atoms with Crippen LogP contribution < -0.4 is 5.32 Å². The number of piperidine rings is 1. The number of nitrogens with zero attached hydrogens (tertiary/aromatic N) is 1. The largest absolute Gasteiger partial charge is 0.382 e. The molecule has 100 valence electrons. The first-order valence-electron chi connectivity index (χ1n) is 6.28. The summed E-state index contributed by atoms with van der Waals surface area (Å²) in [5.74, 6) is 0.0356. The van der Waals surface area contributed by atoms with E-state index in [0.29, 0.717) is 19.3 Å². The first kappa shape index (κ1) is 14.4. The Balaban J connectivity index is 2.12. The molecule has 0 aromatic heterocycles. The predicted octanol–water partition coefficient (Wildman–Crippen LogP) is 0.250. The molecule has 0 spiro atoms. The highest BCUT2D eigenvalue weighted by Crippen LogP contribution is 2.07. The lowest BCUT2D eigenvalue weighted by Crippen LogP contribution is -2.45. The van der Waals surface area contributed by atoms with Crippen LogP contribution in [0.3, 0.4) is 0 Å². The number of hydrogen-bond donors (Lipinski definition) is 1. The summed E-state index contributed by atoms with van der Waals surface area (Å²) < 4.78 is 10.1. The van der Waals surface area contributed by atoms with Crippen LogP contribution in [0.5, 0.6) is 0 Å². The first-order chi connectivity index (χ1) is 8.24. The molecule has 1 aliphatic rings. The molecule has 5 nitrogen and oxygen atoms in total. The number of amides is 1. The van der Waals surface area contributed by atoms with Crippen molar-refractivity contribution in [3.05, 3.63) is 0 Å². The van der Waals surface area contributed by atoms with Crippen LogP contribution in [-0.4, -0.2) is 63.9 Å². The normalized spacial score (nSPS) is 20.2. The number of carbonyl (C=O) groups is 1. The molecule has 1 amide bonds. The van der Waals surface area contributed by atoms with Crippen LogP contribution in [0.2, 0.25) is 0 Å². The minimum absolute atomic E-state index is 0.0356. The summed E-state index contributed by atoms with van der Waals surface area (Å²) in [4.78, 5) is 13.5. The van der Waals surface area contributed by atoms with E-state index in [2.05, 4.69) is 5.32 Å². The Morgan fingerprint density at radius 3 is 2.88 bits per heavy atom. The topological polar surface area (TPSA) is 50.8 Å². The van der Waals surface area contributed by atoms with Gasteiger partial charge in [-0.1, -0.05) is 6.42 Å². The molecule has 0 aromatic carbocycles. The number of hydrogen-bond acceptors (Lipinski definition) is 4. The van der Waals surface area contributed by atoms with Crippen molar-refractivity contribution < 1.29 is 14.3 Å². The number of likely N-dealkylation sites (N-methyl/N-ethyl adjacent to an activating group) is 1. The molecule has 1 unspecified atom stereocenters. The highest BCUT2D eigenvalue weighted by atomic mass is 16.5. The quantitative estimate of drug-likeness (QED) is 0.652. The van der Waals surface area contributed by atoms with Gasteiger partial charge in [-0.3, -0.25) is 4.79 Å². The van der Waals surface area contributed by atoms with Crippen molar-refractivity contribution in [3.63, 3.8) is 0 Å². The van der Waals surface area contributed by atoms with Crippen LogP contribution in [0.4, 0.5) is 0 Å². The molecule has 0 bridgehead atoms. The van der Waals surface area contributed by atoms with Gasteiger partial charge in [0, 0.05) is 26.7 Å². The third-order valence-electron chi connectivity index (χ3n) is 2.99. The second-order valence-corrected chi connectivity index (χ2v) is 4.47. The predicted molar refractivity (Wildman–Crippen MR) is 66.0 cm³/mol. The first-order valence-corrected chi connectivity index (χ1v) is 6.28. The van der Waals surface area contributed by atoms with Crippen molar-refractivity contribution >= 4 is 5.91 Å². The Labute approximate surface area is 103 Å². The van der Waals surface area contributed by atoms with Crippen LogP contribution in [-0.2, 0) is 14.3 Å². The zero-order valence-electron chi connectivity index (χ0n) is 10.9. The van der Waals surface area contributed by atoms with E-state index in [-0.39, 0.29) is 12.5 Å². The molecule has 0 aromatic rings. The number of rotatable bonds is 7. The lowest BCUT2D eigenvalue weighted by Gasteiger charge is -2.28. The SMILES string of the molecule is COCCOCC(=O)N(C)CC1CCCCN1. The Bertz CT molecular complexity index is 218. The van der Waals surface area contributed by atoms with Gasteiger partial charge in [-0.15, -0.1) is 0 Å². The fourth-order valence-electron chi connectivity index (χ4n) is 1.92. The fraction of sp³-hybridized carbons (Fsp3) is 0.917. The Hall–Kier alpha value is -0.650. The molecule has 1 fully saturated rings. The molecule has 0 saturated carbocycles. The smallest absolute Gasteiger partial charge is 0.248 e. The van der Waals surface area contributed by atoms with Gasteiger partial charge in [-0.2, -0.15) is 0 Å². The highest BCUT2D eigenvalue weighted by molar-refractivity contribution is 5.77. The molecule has 1 aliphatic heterocycles. The summed E-state index contributed by atoms with van der Waals surface area (Å²) in [5.41, 5.74) is 0. The van der Waals surface area contributed by atoms with E-state index in [1.807, 2.05) is 7.05 Å². The summed E-state index contributed by atoms with van der Waals surface area (Å²) in [7, 11) is 3.45. The maximum absolute atomic E-state index is 11.7. The van der Waals surface area contributed by atoms with Gasteiger partial charge in [0.1, 0.15) is 6.61 Å². The van der Waals surface area contributed by atoms with Crippen molar-refractivity contribution in [1.82, 2.24) is 10.2 Å². The third kappa shape index (κ3) is 6.00. The third-order valence-corrected chi connectivity index (χ3v) is 2.99. The van der Waals surface area contributed by atoms with Gasteiger partial charge >= 0.3 is 0 Å². The van der Waals surface area contributed by atoms with E-state index in [4.69, 9.17) is 9.47 Å². The van der Waals surface area contributed by atoms with Crippen molar-refractivity contribution in [2.75, 3.05) is 47.1 Å². The molecule has 1 N–H and O–H groups in total. The van der Waals surface area contributed by atoms with E-state index >= 15 is 0 Å². The summed E-state index contributed by atoms with van der Waals surface area (Å²) in [6.07, 6.45) is 3.65. The van der Waals surface area contributed by atoms with Gasteiger partial charge in [-0.05, 0) is 19.4 Å². The van der Waals surface area contributed by atoms with Crippen molar-refractivity contribution in [2.45, 2.75) is 25.3 Å². The van der Waals surface area contributed by atoms with Gasteiger partial charge < -0.3 is 19.7 Å². The molecule has 17 heavy (non-hydrogen) atoms. The number of ether oxygens (including phenoxy) is 2. The van der Waals surface area contributed by atoms with Crippen LogP contribution in [0.15, 0.2) is 0 Å². The second-order valence-electron chi connectivity index (χ2n) is 4.47. The number of carbonyl (C=O) groups excluding carboxylic acids is 1. The highest BCUT2D eigenvalue weighted by Gasteiger charge is 2.17. The Morgan fingerprint density at radius 1 is 1.41 bits per heavy atom. The molecular formula is C12H24N2O3. The molecule has 1 atom stereocenters. The van der Waals surface area contributed by atoms with Gasteiger partial charge in [-0.25, -0.2) is 0 Å². The van der Waals surface area contributed by atoms with Crippen LogP contribution in [0, 0.1) is 0 Å². The molecule has 0 radical (unpaired) electrons. The lowest BCUT2D eigenvalue weighted by molar-refractivity contribution is -0.135. The molecule has 1 heterocycles. The monoisotopic (exact) mass is 244 g/mol. The maximum Gasteiger partial charge on any atom is 0.248 e. The maximum atomic E-state index is 11.7. The Morgan fingerprint density at radius 2 is 2.24 bits per heavy atom. The summed E-state index contributed by atoms with van der Waals surface area (Å²) in [6, 6.07) is 0.441. The molecule has 1 saturated heterocycles. The number of nitrogens with one attached hydrogen (secondary N) is 1. The van der Waals surface area contributed by atoms with Crippen molar-refractivity contribution in [3.8, 4) is 0 Å². The number of methoxy groups -OCH3 is 1. The molecule has 1 rings (SSSR count). The van der Waals surface area contributed by atoms with Crippen molar-refractivity contribution in [1.29, 1.82) is 0 Å². The minimum atomic E-state index is 0.0356. The van der Waals surface area contributed by atoms with Crippen LogP contribution in [0.1, 0.15) is 19.3 Å². The molecule has 0 aliphatic carbocycles. The summed E-state index contributed by atoms with van der Waals surface area (Å²) >= 11 is 0. The molecule has 5 heteroatoms. The van der Waals surface area contributed by atoms with E-state index in [0.717, 1.165) is 19.5 Å². The van der Waals surface area contributed by atoms with E-state index in [1.165, 1.54) is 12.8 Å². The Kier molecular flexibility index (Phi) is 7.16. The van der Waals surface area contributed by atoms with Crippen LogP contribution >= 0.6 is 0 Å². The van der Waals surface area contributed by atoms with Crippen LogP contribution in [0.25, 0.3) is 0 Å². The average molecular weight is 244 g/mol. The second kappa shape index (κ2) is 8.44. The van der Waals surface area contributed by atoms with Gasteiger partial charge in [0.2, 0.25) is 5.91 Å². The average Bonchev–Trinajstić information content (AvgIpc) is 2.35. The zero-order valence-corrected chi connectivity index (χ0v) is 10.9. The van der Waals surface area contributed by atoms with Gasteiger partial charge in [0.05, 0.1) is 13.2 Å². The molecular weight excluding hydrogens is 220 g/mol.